The zero-order chi connectivity index (χ0) is 22.7. The topological polar surface area (TPSA) is 49.9 Å². The summed E-state index contributed by atoms with van der Waals surface area (Å²) in [5.74, 6) is 0.101. The highest BCUT2D eigenvalue weighted by Gasteiger charge is 2.26. The molecule has 0 aliphatic carbocycles. The van der Waals surface area contributed by atoms with Crippen LogP contribution in [0, 0.1) is 0 Å². The van der Waals surface area contributed by atoms with Gasteiger partial charge in [0.1, 0.15) is 6.10 Å². The van der Waals surface area contributed by atoms with E-state index in [9.17, 15) is 9.59 Å². The van der Waals surface area contributed by atoms with Crippen molar-refractivity contribution in [2.45, 2.75) is 123 Å². The molecule has 0 N–H and O–H groups in total. The van der Waals surface area contributed by atoms with Crippen molar-refractivity contribution in [3.05, 3.63) is 0 Å². The first-order valence-electron chi connectivity index (χ1n) is 13.2. The van der Waals surface area contributed by atoms with Gasteiger partial charge in [-0.1, -0.05) is 84.5 Å². The van der Waals surface area contributed by atoms with Gasteiger partial charge in [0.05, 0.1) is 6.54 Å². The van der Waals surface area contributed by atoms with Crippen molar-refractivity contribution in [2.75, 3.05) is 33.2 Å². The highest BCUT2D eigenvalue weighted by molar-refractivity contribution is 5.78. The molecule has 5 heteroatoms. The Kier molecular flexibility index (Phi) is 16.6. The number of hydrogen-bond acceptors (Lipinski definition) is 4. The van der Waals surface area contributed by atoms with Crippen LogP contribution in [-0.2, 0) is 14.3 Å². The third-order valence-electron chi connectivity index (χ3n) is 6.29. The SMILES string of the molecule is CCCCCCCCCCCC(=O)OC(CN(C)CCCCCC)CN1CCCC1=O. The fraction of sp³-hybridized carbons (Fsp3) is 0.923. The van der Waals surface area contributed by atoms with Crippen LogP contribution >= 0.6 is 0 Å². The molecule has 5 nitrogen and oxygen atoms in total. The smallest absolute Gasteiger partial charge is 0.306 e. The minimum absolute atomic E-state index is 0.0982. The van der Waals surface area contributed by atoms with Gasteiger partial charge in [0.25, 0.3) is 0 Å². The standard InChI is InChI=1S/C26H50N2O3/c1-4-6-8-10-11-12-13-14-15-19-26(30)31-24(23-28-21-17-18-25(28)29)22-27(3)20-16-9-7-5-2/h24H,4-23H2,1-3H3. The van der Waals surface area contributed by atoms with E-state index in [1.54, 1.807) is 0 Å². The minimum atomic E-state index is -0.218. The molecule has 1 aliphatic heterocycles. The molecule has 1 heterocycles. The van der Waals surface area contributed by atoms with Crippen molar-refractivity contribution in [1.29, 1.82) is 0 Å². The Bertz CT molecular complexity index is 470. The summed E-state index contributed by atoms with van der Waals surface area (Å²) in [6, 6.07) is 0. The van der Waals surface area contributed by atoms with Crippen LogP contribution in [0.4, 0.5) is 0 Å². The first-order chi connectivity index (χ1) is 15.1. The van der Waals surface area contributed by atoms with Crippen LogP contribution in [0.5, 0.6) is 0 Å². The Morgan fingerprint density at radius 2 is 1.52 bits per heavy atom. The maximum absolute atomic E-state index is 12.5. The molecule has 0 aromatic carbocycles. The predicted molar refractivity (Wildman–Crippen MR) is 129 cm³/mol. The molecule has 1 aliphatic rings. The molecular weight excluding hydrogens is 388 g/mol. The van der Waals surface area contributed by atoms with Crippen LogP contribution in [0.3, 0.4) is 0 Å². The van der Waals surface area contributed by atoms with Gasteiger partial charge in [0.15, 0.2) is 0 Å². The van der Waals surface area contributed by atoms with E-state index in [0.717, 1.165) is 32.4 Å². The first kappa shape index (κ1) is 27.9. The zero-order valence-corrected chi connectivity index (χ0v) is 20.8. The molecule has 0 spiro atoms. The van der Waals surface area contributed by atoms with Crippen LogP contribution in [0.25, 0.3) is 0 Å². The third kappa shape index (κ3) is 14.6. The Morgan fingerprint density at radius 1 is 0.935 bits per heavy atom. The highest BCUT2D eigenvalue weighted by atomic mass is 16.5. The second-order valence-corrected chi connectivity index (χ2v) is 9.46. The lowest BCUT2D eigenvalue weighted by Crippen LogP contribution is -2.42. The summed E-state index contributed by atoms with van der Waals surface area (Å²) in [6.07, 6.45) is 17.9. The molecule has 1 amide bonds. The number of likely N-dealkylation sites (N-methyl/N-ethyl adjacent to an activating group) is 1. The van der Waals surface area contributed by atoms with E-state index in [4.69, 9.17) is 4.74 Å². The van der Waals surface area contributed by atoms with Gasteiger partial charge in [0, 0.05) is 25.9 Å². The van der Waals surface area contributed by atoms with E-state index in [0.29, 0.717) is 25.9 Å². The highest BCUT2D eigenvalue weighted by Crippen LogP contribution is 2.14. The van der Waals surface area contributed by atoms with Gasteiger partial charge in [-0.05, 0) is 32.9 Å². The Balaban J connectivity index is 2.29. The van der Waals surface area contributed by atoms with Gasteiger partial charge >= 0.3 is 5.97 Å². The number of amides is 1. The maximum atomic E-state index is 12.5. The average Bonchev–Trinajstić information content (AvgIpc) is 3.14. The van der Waals surface area contributed by atoms with Crippen LogP contribution < -0.4 is 0 Å². The van der Waals surface area contributed by atoms with E-state index in [2.05, 4.69) is 25.8 Å². The van der Waals surface area contributed by atoms with Gasteiger partial charge in [-0.2, -0.15) is 0 Å². The molecule has 1 rings (SSSR count). The van der Waals surface area contributed by atoms with Gasteiger partial charge < -0.3 is 14.5 Å². The summed E-state index contributed by atoms with van der Waals surface area (Å²) in [7, 11) is 2.10. The number of likely N-dealkylation sites (tertiary alicyclic amines) is 1. The molecule has 1 fully saturated rings. The van der Waals surface area contributed by atoms with Gasteiger partial charge in [0.2, 0.25) is 5.91 Å². The molecule has 0 saturated carbocycles. The van der Waals surface area contributed by atoms with Crippen LogP contribution in [0.2, 0.25) is 0 Å². The number of hydrogen-bond donors (Lipinski definition) is 0. The van der Waals surface area contributed by atoms with Crippen molar-refractivity contribution < 1.29 is 14.3 Å². The van der Waals surface area contributed by atoms with E-state index in [-0.39, 0.29) is 18.0 Å². The van der Waals surface area contributed by atoms with E-state index >= 15 is 0 Å². The molecule has 1 unspecified atom stereocenters. The molecule has 0 radical (unpaired) electrons. The van der Waals surface area contributed by atoms with E-state index < -0.39 is 0 Å². The number of nitrogens with zero attached hydrogens (tertiary/aromatic N) is 2. The number of carbonyl (C=O) groups excluding carboxylic acids is 2. The fourth-order valence-corrected chi connectivity index (χ4v) is 4.35. The summed E-state index contributed by atoms with van der Waals surface area (Å²) < 4.78 is 5.86. The fourth-order valence-electron chi connectivity index (χ4n) is 4.35. The van der Waals surface area contributed by atoms with Crippen molar-refractivity contribution in [1.82, 2.24) is 9.80 Å². The summed E-state index contributed by atoms with van der Waals surface area (Å²) in [4.78, 5) is 28.6. The average molecular weight is 439 g/mol. The largest absolute Gasteiger partial charge is 0.459 e. The Morgan fingerprint density at radius 3 is 2.10 bits per heavy atom. The number of unbranched alkanes of at least 4 members (excludes halogenated alkanes) is 11. The number of esters is 1. The lowest BCUT2D eigenvalue weighted by atomic mass is 10.1. The number of carbonyl (C=O) groups is 2. The molecule has 0 aromatic heterocycles. The minimum Gasteiger partial charge on any atom is -0.459 e. The third-order valence-corrected chi connectivity index (χ3v) is 6.29. The van der Waals surface area contributed by atoms with Crippen molar-refractivity contribution in [3.8, 4) is 0 Å². The van der Waals surface area contributed by atoms with Crippen LogP contribution in [-0.4, -0.2) is 61.0 Å². The maximum Gasteiger partial charge on any atom is 0.306 e. The van der Waals surface area contributed by atoms with Crippen LogP contribution in [0.1, 0.15) is 117 Å². The van der Waals surface area contributed by atoms with E-state index in [1.807, 2.05) is 4.90 Å². The summed E-state index contributed by atoms with van der Waals surface area (Å²) in [6.45, 7) is 7.53. The molecule has 0 aromatic rings. The first-order valence-corrected chi connectivity index (χ1v) is 13.2. The van der Waals surface area contributed by atoms with E-state index in [1.165, 1.54) is 70.6 Å². The summed E-state index contributed by atoms with van der Waals surface area (Å²) >= 11 is 0. The van der Waals surface area contributed by atoms with Crippen molar-refractivity contribution in [2.24, 2.45) is 0 Å². The lowest BCUT2D eigenvalue weighted by Gasteiger charge is -2.28. The van der Waals surface area contributed by atoms with Gasteiger partial charge in [-0.3, -0.25) is 9.59 Å². The molecule has 0 bridgehead atoms. The second kappa shape index (κ2) is 18.5. The molecule has 1 atom stereocenters. The van der Waals surface area contributed by atoms with Crippen molar-refractivity contribution in [3.63, 3.8) is 0 Å². The normalized spacial score (nSPS) is 15.1. The van der Waals surface area contributed by atoms with Crippen LogP contribution in [0.15, 0.2) is 0 Å². The Labute approximate surface area is 192 Å². The van der Waals surface area contributed by atoms with Gasteiger partial charge in [-0.15, -0.1) is 0 Å². The second-order valence-electron chi connectivity index (χ2n) is 9.46. The molecule has 31 heavy (non-hydrogen) atoms. The molecule has 182 valence electrons. The van der Waals surface area contributed by atoms with Gasteiger partial charge in [-0.25, -0.2) is 0 Å². The summed E-state index contributed by atoms with van der Waals surface area (Å²) in [5, 5.41) is 0. The molecule has 1 saturated heterocycles. The monoisotopic (exact) mass is 438 g/mol. The number of rotatable bonds is 20. The molecular formula is C26H50N2O3. The summed E-state index contributed by atoms with van der Waals surface area (Å²) in [5.41, 5.74) is 0. The zero-order valence-electron chi connectivity index (χ0n) is 20.8. The quantitative estimate of drug-likeness (QED) is 0.174. The predicted octanol–water partition coefficient (Wildman–Crippen LogP) is 5.95. The number of ether oxygens (including phenoxy) is 1. The Hall–Kier alpha value is -1.10. The van der Waals surface area contributed by atoms with Crippen molar-refractivity contribution >= 4 is 11.9 Å². The lowest BCUT2D eigenvalue weighted by molar-refractivity contribution is -0.152.